The second-order valence-corrected chi connectivity index (χ2v) is 5.33. The molecule has 0 aliphatic rings. The molecule has 0 aliphatic carbocycles. The highest BCUT2D eigenvalue weighted by atomic mass is 19.1. The number of carboxylic acids is 1. The number of aliphatic carboxylic acids is 1. The standard InChI is InChI=1S/C17H18FN3O3/c1-2-3-4-15(17(23)24)21-16(22)13-6-5-11(7-14(13)18)12-8-19-10-20-9-12/h5-10,15H,2-4H2,1H3,(H,21,22)(H,23,24)/t15-/m0/s1. The van der Waals surface area contributed by atoms with Crippen LogP contribution in [0.5, 0.6) is 0 Å². The molecule has 1 atom stereocenters. The summed E-state index contributed by atoms with van der Waals surface area (Å²) in [6.07, 6.45) is 6.20. The number of amides is 1. The molecule has 0 saturated heterocycles. The molecule has 1 heterocycles. The maximum absolute atomic E-state index is 14.2. The lowest BCUT2D eigenvalue weighted by atomic mass is 10.0. The molecule has 0 bridgehead atoms. The van der Waals surface area contributed by atoms with Crippen LogP contribution in [0.2, 0.25) is 0 Å². The van der Waals surface area contributed by atoms with Gasteiger partial charge in [-0.25, -0.2) is 19.2 Å². The monoisotopic (exact) mass is 331 g/mol. The Balaban J connectivity index is 2.16. The summed E-state index contributed by atoms with van der Waals surface area (Å²) in [6, 6.07) is 3.07. The molecule has 2 N–H and O–H groups in total. The number of nitrogens with zero attached hydrogens (tertiary/aromatic N) is 2. The van der Waals surface area contributed by atoms with E-state index in [1.165, 1.54) is 30.9 Å². The number of carbonyl (C=O) groups excluding carboxylic acids is 1. The van der Waals surface area contributed by atoms with Crippen LogP contribution < -0.4 is 5.32 Å². The van der Waals surface area contributed by atoms with Crippen molar-refractivity contribution in [2.75, 3.05) is 0 Å². The van der Waals surface area contributed by atoms with E-state index in [1.807, 2.05) is 6.92 Å². The van der Waals surface area contributed by atoms with E-state index < -0.39 is 23.7 Å². The Labute approximate surface area is 138 Å². The number of unbranched alkanes of at least 4 members (excludes halogenated alkanes) is 1. The number of benzene rings is 1. The van der Waals surface area contributed by atoms with Crippen molar-refractivity contribution in [2.45, 2.75) is 32.2 Å². The number of hydrogen-bond donors (Lipinski definition) is 2. The highest BCUT2D eigenvalue weighted by Gasteiger charge is 2.22. The van der Waals surface area contributed by atoms with Crippen molar-refractivity contribution in [3.05, 3.63) is 48.3 Å². The summed E-state index contributed by atoms with van der Waals surface area (Å²) < 4.78 is 14.2. The maximum atomic E-state index is 14.2. The van der Waals surface area contributed by atoms with Gasteiger partial charge in [-0.3, -0.25) is 4.79 Å². The third kappa shape index (κ3) is 4.34. The zero-order chi connectivity index (χ0) is 17.5. The van der Waals surface area contributed by atoms with Crippen molar-refractivity contribution in [1.29, 1.82) is 0 Å². The Morgan fingerprint density at radius 3 is 2.54 bits per heavy atom. The van der Waals surface area contributed by atoms with Gasteiger partial charge < -0.3 is 10.4 Å². The maximum Gasteiger partial charge on any atom is 0.326 e. The molecule has 7 heteroatoms. The van der Waals surface area contributed by atoms with E-state index in [4.69, 9.17) is 5.11 Å². The van der Waals surface area contributed by atoms with Crippen LogP contribution in [0.3, 0.4) is 0 Å². The molecule has 126 valence electrons. The minimum atomic E-state index is -1.13. The number of halogens is 1. The highest BCUT2D eigenvalue weighted by molar-refractivity contribution is 5.97. The van der Waals surface area contributed by atoms with Crippen molar-refractivity contribution < 1.29 is 19.1 Å². The van der Waals surface area contributed by atoms with Gasteiger partial charge in [-0.15, -0.1) is 0 Å². The van der Waals surface area contributed by atoms with Crippen LogP contribution in [-0.2, 0) is 4.79 Å². The van der Waals surface area contributed by atoms with E-state index in [2.05, 4.69) is 15.3 Å². The minimum absolute atomic E-state index is 0.196. The first kappa shape index (κ1) is 17.5. The Kier molecular flexibility index (Phi) is 5.95. The molecule has 0 saturated carbocycles. The van der Waals surface area contributed by atoms with E-state index in [9.17, 15) is 14.0 Å². The lowest BCUT2D eigenvalue weighted by molar-refractivity contribution is -0.139. The first-order chi connectivity index (χ1) is 11.5. The summed E-state index contributed by atoms with van der Waals surface area (Å²) in [7, 11) is 0. The zero-order valence-corrected chi connectivity index (χ0v) is 13.2. The highest BCUT2D eigenvalue weighted by Crippen LogP contribution is 2.20. The van der Waals surface area contributed by atoms with Crippen molar-refractivity contribution in [3.8, 4) is 11.1 Å². The number of nitrogens with one attached hydrogen (secondary N) is 1. The Morgan fingerprint density at radius 2 is 1.96 bits per heavy atom. The zero-order valence-electron chi connectivity index (χ0n) is 13.2. The minimum Gasteiger partial charge on any atom is -0.480 e. The summed E-state index contributed by atoms with van der Waals surface area (Å²) in [4.78, 5) is 31.0. The Hall–Kier alpha value is -2.83. The second kappa shape index (κ2) is 8.14. The fraction of sp³-hybridized carbons (Fsp3) is 0.294. The van der Waals surface area contributed by atoms with Crippen LogP contribution in [0.4, 0.5) is 4.39 Å². The molecular weight excluding hydrogens is 313 g/mol. The van der Waals surface area contributed by atoms with Crippen LogP contribution in [0.25, 0.3) is 11.1 Å². The van der Waals surface area contributed by atoms with Gasteiger partial charge in [0.25, 0.3) is 5.91 Å². The summed E-state index contributed by atoms with van der Waals surface area (Å²) in [6.45, 7) is 1.92. The fourth-order valence-corrected chi connectivity index (χ4v) is 2.23. The van der Waals surface area contributed by atoms with Crippen LogP contribution in [0.1, 0.15) is 36.5 Å². The molecule has 0 spiro atoms. The topological polar surface area (TPSA) is 92.2 Å². The van der Waals surface area contributed by atoms with Gasteiger partial charge in [-0.2, -0.15) is 0 Å². The number of carbonyl (C=O) groups is 2. The number of carboxylic acid groups (broad SMARTS) is 1. The molecule has 0 radical (unpaired) electrons. The summed E-state index contributed by atoms with van der Waals surface area (Å²) in [5.74, 6) is -2.60. The third-order valence-electron chi connectivity index (χ3n) is 3.56. The van der Waals surface area contributed by atoms with Gasteiger partial charge in [-0.1, -0.05) is 25.8 Å². The van der Waals surface area contributed by atoms with Crippen LogP contribution in [0.15, 0.2) is 36.9 Å². The Morgan fingerprint density at radius 1 is 1.25 bits per heavy atom. The third-order valence-corrected chi connectivity index (χ3v) is 3.56. The van der Waals surface area contributed by atoms with Crippen molar-refractivity contribution in [1.82, 2.24) is 15.3 Å². The fourth-order valence-electron chi connectivity index (χ4n) is 2.23. The summed E-state index contributed by atoms with van der Waals surface area (Å²) >= 11 is 0. The predicted octanol–water partition coefficient (Wildman–Crippen LogP) is 2.66. The first-order valence-corrected chi connectivity index (χ1v) is 7.61. The van der Waals surface area contributed by atoms with Gasteiger partial charge in [0.1, 0.15) is 18.2 Å². The first-order valence-electron chi connectivity index (χ1n) is 7.61. The quantitative estimate of drug-likeness (QED) is 0.814. The molecule has 2 rings (SSSR count). The molecule has 6 nitrogen and oxygen atoms in total. The van der Waals surface area contributed by atoms with Crippen LogP contribution >= 0.6 is 0 Å². The van der Waals surface area contributed by atoms with Gasteiger partial charge in [-0.05, 0) is 24.1 Å². The molecule has 24 heavy (non-hydrogen) atoms. The lowest BCUT2D eigenvalue weighted by Crippen LogP contribution is -2.41. The normalized spacial score (nSPS) is 11.8. The van der Waals surface area contributed by atoms with Crippen molar-refractivity contribution in [3.63, 3.8) is 0 Å². The molecule has 0 aliphatic heterocycles. The Bertz CT molecular complexity index is 722. The molecule has 1 amide bonds. The number of rotatable bonds is 7. The predicted molar refractivity (Wildman–Crippen MR) is 85.8 cm³/mol. The average molecular weight is 331 g/mol. The van der Waals surface area contributed by atoms with E-state index in [0.717, 1.165) is 6.42 Å². The molecule has 0 fully saturated rings. The summed E-state index contributed by atoms with van der Waals surface area (Å²) in [5, 5.41) is 11.5. The average Bonchev–Trinajstić information content (AvgIpc) is 2.58. The van der Waals surface area contributed by atoms with Gasteiger partial charge in [0.15, 0.2) is 0 Å². The van der Waals surface area contributed by atoms with Crippen molar-refractivity contribution >= 4 is 11.9 Å². The van der Waals surface area contributed by atoms with E-state index in [1.54, 1.807) is 6.07 Å². The van der Waals surface area contributed by atoms with Crippen LogP contribution in [0, 0.1) is 5.82 Å². The number of hydrogen-bond acceptors (Lipinski definition) is 4. The molecule has 2 aromatic rings. The smallest absolute Gasteiger partial charge is 0.326 e. The van der Waals surface area contributed by atoms with Crippen LogP contribution in [-0.4, -0.2) is 33.0 Å². The van der Waals surface area contributed by atoms with Crippen molar-refractivity contribution in [2.24, 2.45) is 0 Å². The SMILES string of the molecule is CCCC[C@H](NC(=O)c1ccc(-c2cncnc2)cc1F)C(=O)O. The van der Waals surface area contributed by atoms with E-state index in [-0.39, 0.29) is 5.56 Å². The summed E-state index contributed by atoms with van der Waals surface area (Å²) in [5.41, 5.74) is 0.957. The van der Waals surface area contributed by atoms with Gasteiger partial charge in [0, 0.05) is 18.0 Å². The second-order valence-electron chi connectivity index (χ2n) is 5.33. The van der Waals surface area contributed by atoms with Gasteiger partial charge >= 0.3 is 5.97 Å². The molecular formula is C17H18FN3O3. The molecule has 1 aromatic carbocycles. The molecule has 1 aromatic heterocycles. The largest absolute Gasteiger partial charge is 0.480 e. The van der Waals surface area contributed by atoms with Gasteiger partial charge in [0.2, 0.25) is 0 Å². The molecule has 0 unspecified atom stereocenters. The van der Waals surface area contributed by atoms with E-state index >= 15 is 0 Å². The number of aromatic nitrogens is 2. The van der Waals surface area contributed by atoms with Gasteiger partial charge in [0.05, 0.1) is 5.56 Å². The lowest BCUT2D eigenvalue weighted by Gasteiger charge is -2.14. The van der Waals surface area contributed by atoms with E-state index in [0.29, 0.717) is 24.0 Å².